The van der Waals surface area contributed by atoms with Gasteiger partial charge >= 0.3 is 0 Å². The normalized spacial score (nSPS) is 31.4. The van der Waals surface area contributed by atoms with Crippen LogP contribution in [0.1, 0.15) is 49.6 Å². The SMILES string of the molecule is C=CCN(C)C(=O)C[C@@H]1c2nc(NC(=O)COC)sc2C[C@@H]2[C@](C)(CO)[C@H](O)CC[C@]21C. The topological polar surface area (TPSA) is 112 Å². The Bertz CT molecular complexity index is 874. The number of methoxy groups -OCH3 is 1. The summed E-state index contributed by atoms with van der Waals surface area (Å²) in [7, 11) is 3.22. The molecule has 1 aromatic heterocycles. The fourth-order valence-electron chi connectivity index (χ4n) is 5.61. The second kappa shape index (κ2) is 9.59. The first-order valence-electron chi connectivity index (χ1n) is 11.0. The summed E-state index contributed by atoms with van der Waals surface area (Å²) >= 11 is 1.40. The van der Waals surface area contributed by atoms with Gasteiger partial charge in [0.15, 0.2) is 5.13 Å². The number of likely N-dealkylation sites (N-methyl/N-ethyl adjacent to an activating group) is 1. The van der Waals surface area contributed by atoms with E-state index in [1.807, 2.05) is 6.92 Å². The van der Waals surface area contributed by atoms with Crippen molar-refractivity contribution in [2.45, 2.75) is 51.6 Å². The van der Waals surface area contributed by atoms with Crippen molar-refractivity contribution in [1.29, 1.82) is 0 Å². The highest BCUT2D eigenvalue weighted by atomic mass is 32.1. The first-order valence-corrected chi connectivity index (χ1v) is 11.8. The highest BCUT2D eigenvalue weighted by Crippen LogP contribution is 2.62. The van der Waals surface area contributed by atoms with Crippen LogP contribution in [0.25, 0.3) is 0 Å². The number of rotatable bonds is 8. The molecule has 5 atom stereocenters. The van der Waals surface area contributed by atoms with Crippen LogP contribution in [0.4, 0.5) is 5.13 Å². The fraction of sp³-hybridized carbons (Fsp3) is 0.696. The second-order valence-corrected chi connectivity index (χ2v) is 10.7. The first kappa shape index (κ1) is 24.8. The minimum Gasteiger partial charge on any atom is -0.396 e. The van der Waals surface area contributed by atoms with E-state index >= 15 is 0 Å². The molecule has 2 aliphatic rings. The van der Waals surface area contributed by atoms with Gasteiger partial charge in [-0.15, -0.1) is 17.9 Å². The van der Waals surface area contributed by atoms with E-state index in [9.17, 15) is 19.8 Å². The zero-order chi connectivity index (χ0) is 23.7. The molecule has 9 heteroatoms. The molecule has 32 heavy (non-hydrogen) atoms. The molecule has 1 fully saturated rings. The Morgan fingerprint density at radius 3 is 2.78 bits per heavy atom. The third kappa shape index (κ3) is 4.35. The van der Waals surface area contributed by atoms with Crippen LogP contribution in [0, 0.1) is 16.7 Å². The van der Waals surface area contributed by atoms with Crippen LogP contribution >= 0.6 is 11.3 Å². The van der Waals surface area contributed by atoms with Gasteiger partial charge in [0, 0.05) is 43.3 Å². The van der Waals surface area contributed by atoms with Crippen molar-refractivity contribution >= 4 is 28.3 Å². The van der Waals surface area contributed by atoms with Gasteiger partial charge in [0.1, 0.15) is 6.61 Å². The fourth-order valence-corrected chi connectivity index (χ4v) is 6.70. The van der Waals surface area contributed by atoms with Crippen molar-refractivity contribution in [2.24, 2.45) is 16.7 Å². The van der Waals surface area contributed by atoms with E-state index < -0.39 is 11.5 Å². The molecule has 0 radical (unpaired) electrons. The molecule has 1 saturated carbocycles. The lowest BCUT2D eigenvalue weighted by Gasteiger charge is -2.58. The molecular formula is C23H35N3O5S. The quantitative estimate of drug-likeness (QED) is 0.508. The van der Waals surface area contributed by atoms with E-state index in [2.05, 4.69) is 18.8 Å². The molecule has 1 heterocycles. The Morgan fingerprint density at radius 1 is 1.44 bits per heavy atom. The van der Waals surface area contributed by atoms with E-state index in [0.29, 0.717) is 24.5 Å². The maximum Gasteiger partial charge on any atom is 0.252 e. The summed E-state index contributed by atoms with van der Waals surface area (Å²) in [5.41, 5.74) is -0.155. The number of ether oxygens (including phenoxy) is 1. The minimum absolute atomic E-state index is 0.00230. The average Bonchev–Trinajstić information content (AvgIpc) is 3.14. The number of aliphatic hydroxyl groups excluding tert-OH is 2. The molecule has 3 N–H and O–H groups in total. The van der Waals surface area contributed by atoms with Crippen molar-refractivity contribution in [1.82, 2.24) is 9.88 Å². The summed E-state index contributed by atoms with van der Waals surface area (Å²) in [6, 6.07) is 0. The molecule has 178 valence electrons. The zero-order valence-electron chi connectivity index (χ0n) is 19.4. The predicted molar refractivity (Wildman–Crippen MR) is 124 cm³/mol. The summed E-state index contributed by atoms with van der Waals surface area (Å²) in [6.45, 7) is 8.09. The minimum atomic E-state index is -0.678. The molecule has 0 aliphatic heterocycles. The van der Waals surface area contributed by atoms with Gasteiger partial charge in [-0.25, -0.2) is 4.98 Å². The Balaban J connectivity index is 2.03. The lowest BCUT2D eigenvalue weighted by Crippen LogP contribution is -2.57. The Hall–Kier alpha value is -1.81. The number of aliphatic hydroxyl groups is 2. The molecule has 0 unspecified atom stereocenters. The second-order valence-electron chi connectivity index (χ2n) is 9.61. The van der Waals surface area contributed by atoms with Gasteiger partial charge in [-0.05, 0) is 30.6 Å². The number of hydrogen-bond acceptors (Lipinski definition) is 7. The molecule has 1 aromatic rings. The van der Waals surface area contributed by atoms with Gasteiger partial charge in [-0.1, -0.05) is 19.9 Å². The van der Waals surface area contributed by atoms with Crippen LogP contribution in [0.2, 0.25) is 0 Å². The Kier molecular flexibility index (Phi) is 7.44. The van der Waals surface area contributed by atoms with Gasteiger partial charge in [0.05, 0.1) is 18.4 Å². The van der Waals surface area contributed by atoms with Crippen LogP contribution < -0.4 is 5.32 Å². The zero-order valence-corrected chi connectivity index (χ0v) is 20.2. The summed E-state index contributed by atoms with van der Waals surface area (Å²) in [4.78, 5) is 32.5. The van der Waals surface area contributed by atoms with E-state index in [0.717, 1.165) is 17.0 Å². The number of hydrogen-bond donors (Lipinski definition) is 3. The van der Waals surface area contributed by atoms with Crippen molar-refractivity contribution in [3.05, 3.63) is 23.2 Å². The summed E-state index contributed by atoms with van der Waals surface area (Å²) in [6.07, 6.45) is 3.30. The van der Waals surface area contributed by atoms with Crippen LogP contribution in [0.5, 0.6) is 0 Å². The third-order valence-corrected chi connectivity index (χ3v) is 8.63. The molecule has 0 aromatic carbocycles. The average molecular weight is 466 g/mol. The Morgan fingerprint density at radius 2 is 2.16 bits per heavy atom. The van der Waals surface area contributed by atoms with Gasteiger partial charge in [0.25, 0.3) is 5.91 Å². The summed E-state index contributed by atoms with van der Waals surface area (Å²) in [5.74, 6) is -0.492. The molecular weight excluding hydrogens is 430 g/mol. The lowest BCUT2D eigenvalue weighted by molar-refractivity contribution is -0.146. The van der Waals surface area contributed by atoms with Gasteiger partial charge in [-0.2, -0.15) is 0 Å². The molecule has 3 rings (SSSR count). The van der Waals surface area contributed by atoms with Crippen molar-refractivity contribution in [2.75, 3.05) is 39.2 Å². The smallest absolute Gasteiger partial charge is 0.252 e. The molecule has 2 amide bonds. The van der Waals surface area contributed by atoms with E-state index in [4.69, 9.17) is 9.72 Å². The van der Waals surface area contributed by atoms with E-state index in [-0.39, 0.29) is 48.7 Å². The standard InChI is InChI=1S/C23H35N3O5S/c1-6-9-26(4)19(30)10-14-20-15(32-21(25-20)24-18(29)12-31-5)11-16-22(14,2)8-7-17(28)23(16,3)13-27/h6,14,16-17,27-28H,1,7-13H2,2-5H3,(H,24,25,29)/t14-,16+,17-,22+,23+/m1/s1. The number of carbonyl (C=O) groups excluding carboxylic acids is 2. The maximum atomic E-state index is 13.1. The number of carbonyl (C=O) groups is 2. The molecule has 0 spiro atoms. The van der Waals surface area contributed by atoms with Crippen LogP contribution in [0.3, 0.4) is 0 Å². The van der Waals surface area contributed by atoms with Crippen LogP contribution in [-0.4, -0.2) is 71.9 Å². The van der Waals surface area contributed by atoms with Gasteiger partial charge < -0.3 is 19.8 Å². The number of thiazole rings is 1. The van der Waals surface area contributed by atoms with Crippen LogP contribution in [-0.2, 0) is 20.7 Å². The van der Waals surface area contributed by atoms with Crippen LogP contribution in [0.15, 0.2) is 12.7 Å². The molecule has 2 aliphatic carbocycles. The predicted octanol–water partition coefficient (Wildman–Crippen LogP) is 2.18. The van der Waals surface area contributed by atoms with Crippen molar-refractivity contribution < 1.29 is 24.5 Å². The Labute approximate surface area is 193 Å². The van der Waals surface area contributed by atoms with Crippen molar-refractivity contribution in [3.8, 4) is 0 Å². The van der Waals surface area contributed by atoms with Gasteiger partial charge in [0.2, 0.25) is 5.91 Å². The first-order chi connectivity index (χ1) is 15.1. The lowest BCUT2D eigenvalue weighted by atomic mass is 9.47. The molecule has 8 nitrogen and oxygen atoms in total. The molecule has 0 bridgehead atoms. The number of amides is 2. The largest absolute Gasteiger partial charge is 0.396 e. The third-order valence-electron chi connectivity index (χ3n) is 7.62. The number of nitrogens with zero attached hydrogens (tertiary/aromatic N) is 2. The number of anilines is 1. The number of nitrogens with one attached hydrogen (secondary N) is 1. The summed E-state index contributed by atoms with van der Waals surface area (Å²) < 4.78 is 4.90. The summed E-state index contributed by atoms with van der Waals surface area (Å²) in [5, 5.41) is 24.4. The molecule has 0 saturated heterocycles. The highest BCUT2D eigenvalue weighted by Gasteiger charge is 2.59. The highest BCUT2D eigenvalue weighted by molar-refractivity contribution is 7.15. The van der Waals surface area contributed by atoms with E-state index in [1.54, 1.807) is 18.0 Å². The number of aromatic nitrogens is 1. The van der Waals surface area contributed by atoms with Gasteiger partial charge in [-0.3, -0.25) is 14.9 Å². The maximum absolute atomic E-state index is 13.1. The number of fused-ring (bicyclic) bond motifs is 2. The van der Waals surface area contributed by atoms with Crippen molar-refractivity contribution in [3.63, 3.8) is 0 Å². The monoisotopic (exact) mass is 465 g/mol. The van der Waals surface area contributed by atoms with E-state index in [1.165, 1.54) is 18.4 Å².